The molecule has 0 fully saturated rings. The predicted octanol–water partition coefficient (Wildman–Crippen LogP) is 3.02. The van der Waals surface area contributed by atoms with Crippen LogP contribution in [-0.2, 0) is 13.0 Å². The molecule has 0 unspecified atom stereocenters. The van der Waals surface area contributed by atoms with Gasteiger partial charge in [-0.1, -0.05) is 42.8 Å². The van der Waals surface area contributed by atoms with Crippen LogP contribution in [0.2, 0.25) is 5.02 Å². The first-order chi connectivity index (χ1) is 9.62. The number of aryl methyl sites for hydroxylation is 1. The highest BCUT2D eigenvalue weighted by Gasteiger charge is 2.07. The van der Waals surface area contributed by atoms with Crippen molar-refractivity contribution in [2.45, 2.75) is 36.4 Å². The second kappa shape index (κ2) is 6.92. The summed E-state index contributed by atoms with van der Waals surface area (Å²) >= 11 is 7.45. The van der Waals surface area contributed by atoms with Crippen LogP contribution in [0, 0.1) is 0 Å². The fourth-order valence-electron chi connectivity index (χ4n) is 1.75. The quantitative estimate of drug-likeness (QED) is 0.833. The molecule has 2 aromatic rings. The lowest BCUT2D eigenvalue weighted by Gasteiger charge is -2.06. The molecule has 0 aliphatic heterocycles. The second-order valence-corrected chi connectivity index (χ2v) is 5.75. The van der Waals surface area contributed by atoms with E-state index in [4.69, 9.17) is 16.7 Å². The molecule has 0 radical (unpaired) electrons. The molecule has 106 valence electrons. The number of benzene rings is 1. The van der Waals surface area contributed by atoms with E-state index in [1.54, 1.807) is 12.1 Å². The summed E-state index contributed by atoms with van der Waals surface area (Å²) in [6, 6.07) is 6.83. The Hall–Kier alpha value is -1.30. The number of nitrogens with one attached hydrogen (secondary N) is 1. The van der Waals surface area contributed by atoms with Crippen molar-refractivity contribution >= 4 is 23.4 Å². The van der Waals surface area contributed by atoms with Gasteiger partial charge in [0.2, 0.25) is 0 Å². The highest BCUT2D eigenvalue weighted by molar-refractivity contribution is 7.99. The zero-order valence-corrected chi connectivity index (χ0v) is 12.6. The summed E-state index contributed by atoms with van der Waals surface area (Å²) in [5, 5.41) is 10.1. The molecule has 1 aromatic heterocycles. The highest BCUT2D eigenvalue weighted by atomic mass is 35.5. The van der Waals surface area contributed by atoms with Crippen molar-refractivity contribution in [3.63, 3.8) is 0 Å². The third-order valence-electron chi connectivity index (χ3n) is 2.66. The molecule has 0 aliphatic carbocycles. The third-order valence-corrected chi connectivity index (χ3v) is 4.05. The summed E-state index contributed by atoms with van der Waals surface area (Å²) < 4.78 is 0. The Morgan fingerprint density at radius 1 is 1.40 bits per heavy atom. The molecule has 0 amide bonds. The number of hydrogen-bond acceptors (Lipinski definition) is 4. The van der Waals surface area contributed by atoms with E-state index < -0.39 is 0 Å². The molecular formula is C14H15ClN2O2S. The van der Waals surface area contributed by atoms with Crippen molar-refractivity contribution in [1.82, 2.24) is 9.97 Å². The van der Waals surface area contributed by atoms with Crippen LogP contribution in [0.4, 0.5) is 0 Å². The van der Waals surface area contributed by atoms with Gasteiger partial charge < -0.3 is 10.1 Å². The number of hydrogen-bond donors (Lipinski definition) is 2. The van der Waals surface area contributed by atoms with Crippen LogP contribution >= 0.6 is 23.4 Å². The van der Waals surface area contributed by atoms with Gasteiger partial charge in [-0.3, -0.25) is 4.79 Å². The fraction of sp³-hybridized carbons (Fsp3) is 0.286. The molecule has 0 spiro atoms. The number of aromatic nitrogens is 2. The third kappa shape index (κ3) is 3.85. The van der Waals surface area contributed by atoms with Gasteiger partial charge in [0.15, 0.2) is 5.16 Å². The minimum atomic E-state index is -0.158. The Kier molecular flexibility index (Phi) is 5.23. The standard InChI is InChI=1S/C14H15ClN2O2S/c1-2-3-10-7-13(19)17-14(16-10)20-12-5-4-9(8-18)6-11(12)15/h4-7,18H,2-3,8H2,1H3,(H,16,17,19). The van der Waals surface area contributed by atoms with Crippen molar-refractivity contribution < 1.29 is 5.11 Å². The van der Waals surface area contributed by atoms with Crippen molar-refractivity contribution in [3.8, 4) is 0 Å². The summed E-state index contributed by atoms with van der Waals surface area (Å²) in [7, 11) is 0. The SMILES string of the molecule is CCCc1cc(=O)[nH]c(Sc2ccc(CO)cc2Cl)n1. The summed E-state index contributed by atoms with van der Waals surface area (Å²) in [6.07, 6.45) is 1.71. The topological polar surface area (TPSA) is 66.0 Å². The normalized spacial score (nSPS) is 10.8. The smallest absolute Gasteiger partial charge is 0.251 e. The van der Waals surface area contributed by atoms with Crippen LogP contribution in [0.5, 0.6) is 0 Å². The van der Waals surface area contributed by atoms with Gasteiger partial charge in [0.1, 0.15) is 0 Å². The highest BCUT2D eigenvalue weighted by Crippen LogP contribution is 2.31. The minimum Gasteiger partial charge on any atom is -0.392 e. The Morgan fingerprint density at radius 3 is 2.85 bits per heavy atom. The average Bonchev–Trinajstić information content (AvgIpc) is 2.41. The number of aromatic amines is 1. The van der Waals surface area contributed by atoms with E-state index in [0.717, 1.165) is 29.0 Å². The lowest BCUT2D eigenvalue weighted by atomic mass is 10.2. The van der Waals surface area contributed by atoms with E-state index in [2.05, 4.69) is 9.97 Å². The summed E-state index contributed by atoms with van der Waals surface area (Å²) in [5.41, 5.74) is 1.37. The number of aliphatic hydroxyl groups is 1. The second-order valence-electron chi connectivity index (χ2n) is 4.32. The molecule has 1 heterocycles. The number of rotatable bonds is 5. The Labute approximate surface area is 126 Å². The predicted molar refractivity (Wildman–Crippen MR) is 80.4 cm³/mol. The van der Waals surface area contributed by atoms with Crippen molar-refractivity contribution in [2.75, 3.05) is 0 Å². The van der Waals surface area contributed by atoms with Gasteiger partial charge in [-0.15, -0.1) is 0 Å². The Balaban J connectivity index is 2.27. The monoisotopic (exact) mass is 310 g/mol. The maximum atomic E-state index is 11.6. The van der Waals surface area contributed by atoms with Gasteiger partial charge in [0.25, 0.3) is 5.56 Å². The molecule has 2 N–H and O–H groups in total. The maximum Gasteiger partial charge on any atom is 0.251 e. The van der Waals surface area contributed by atoms with Crippen LogP contribution in [0.15, 0.2) is 39.1 Å². The first-order valence-electron chi connectivity index (χ1n) is 6.29. The van der Waals surface area contributed by atoms with E-state index in [1.165, 1.54) is 17.8 Å². The van der Waals surface area contributed by atoms with Gasteiger partial charge in [-0.2, -0.15) is 0 Å². The minimum absolute atomic E-state index is 0.0499. The van der Waals surface area contributed by atoms with Crippen LogP contribution in [0.25, 0.3) is 0 Å². The largest absolute Gasteiger partial charge is 0.392 e. The van der Waals surface area contributed by atoms with Gasteiger partial charge in [-0.25, -0.2) is 4.98 Å². The van der Waals surface area contributed by atoms with Crippen LogP contribution in [0.1, 0.15) is 24.6 Å². The summed E-state index contributed by atoms with van der Waals surface area (Å²) in [5.74, 6) is 0. The zero-order chi connectivity index (χ0) is 14.5. The number of aliphatic hydroxyl groups excluding tert-OH is 1. The summed E-state index contributed by atoms with van der Waals surface area (Å²) in [4.78, 5) is 19.5. The van der Waals surface area contributed by atoms with Gasteiger partial charge in [0, 0.05) is 16.7 Å². The molecule has 0 bridgehead atoms. The molecule has 0 saturated heterocycles. The molecule has 1 aromatic carbocycles. The van der Waals surface area contributed by atoms with E-state index in [9.17, 15) is 4.79 Å². The number of halogens is 1. The van der Waals surface area contributed by atoms with Crippen molar-refractivity contribution in [2.24, 2.45) is 0 Å². The van der Waals surface area contributed by atoms with E-state index >= 15 is 0 Å². The molecule has 20 heavy (non-hydrogen) atoms. The van der Waals surface area contributed by atoms with Crippen molar-refractivity contribution in [3.05, 3.63) is 50.9 Å². The molecule has 0 atom stereocenters. The van der Waals surface area contributed by atoms with Crippen LogP contribution in [-0.4, -0.2) is 15.1 Å². The fourth-order valence-corrected chi connectivity index (χ4v) is 2.88. The number of H-pyrrole nitrogens is 1. The first-order valence-corrected chi connectivity index (χ1v) is 7.49. The number of nitrogens with zero attached hydrogens (tertiary/aromatic N) is 1. The molecule has 0 aliphatic rings. The molecular weight excluding hydrogens is 296 g/mol. The molecule has 6 heteroatoms. The van der Waals surface area contributed by atoms with Gasteiger partial charge in [0.05, 0.1) is 11.6 Å². The molecule has 4 nitrogen and oxygen atoms in total. The van der Waals surface area contributed by atoms with Crippen molar-refractivity contribution in [1.29, 1.82) is 0 Å². The van der Waals surface area contributed by atoms with E-state index in [1.807, 2.05) is 13.0 Å². The zero-order valence-electron chi connectivity index (χ0n) is 11.0. The summed E-state index contributed by atoms with van der Waals surface area (Å²) in [6.45, 7) is 1.99. The van der Waals surface area contributed by atoms with E-state index in [-0.39, 0.29) is 12.2 Å². The Bertz CT molecular complexity index is 658. The van der Waals surface area contributed by atoms with E-state index in [0.29, 0.717) is 10.2 Å². The lowest BCUT2D eigenvalue weighted by Crippen LogP contribution is -2.09. The average molecular weight is 311 g/mol. The maximum absolute atomic E-state index is 11.6. The van der Waals surface area contributed by atoms with Gasteiger partial charge in [-0.05, 0) is 24.1 Å². The van der Waals surface area contributed by atoms with Crippen LogP contribution in [0.3, 0.4) is 0 Å². The molecule has 0 saturated carbocycles. The molecule has 2 rings (SSSR count). The van der Waals surface area contributed by atoms with Gasteiger partial charge >= 0.3 is 0 Å². The lowest BCUT2D eigenvalue weighted by molar-refractivity contribution is 0.282. The first kappa shape index (κ1) is 15.1. The Morgan fingerprint density at radius 2 is 2.20 bits per heavy atom. The van der Waals surface area contributed by atoms with Crippen LogP contribution < -0.4 is 5.56 Å².